The Labute approximate surface area is 159 Å². The van der Waals surface area contributed by atoms with E-state index in [0.29, 0.717) is 15.8 Å². The molecule has 2 aromatic rings. The van der Waals surface area contributed by atoms with E-state index in [1.807, 2.05) is 0 Å². The van der Waals surface area contributed by atoms with Crippen LogP contribution < -0.4 is 14.2 Å². The number of rotatable bonds is 7. The Morgan fingerprint density at radius 3 is 2.31 bits per heavy atom. The van der Waals surface area contributed by atoms with Gasteiger partial charge in [0.15, 0.2) is 11.5 Å². The molecule has 0 aliphatic carbocycles. The third-order valence-corrected chi connectivity index (χ3v) is 3.91. The number of benzene rings is 2. The van der Waals surface area contributed by atoms with Crippen molar-refractivity contribution in [1.29, 1.82) is 0 Å². The fourth-order valence-corrected chi connectivity index (χ4v) is 2.56. The largest absolute Gasteiger partial charge is 0.497 e. The summed E-state index contributed by atoms with van der Waals surface area (Å²) >= 11 is 3.29. The Kier molecular flexibility index (Phi) is 6.80. The summed E-state index contributed by atoms with van der Waals surface area (Å²) in [5.74, 6) is -0.117. The van der Waals surface area contributed by atoms with Crippen LogP contribution in [0.25, 0.3) is 0 Å². The van der Waals surface area contributed by atoms with E-state index in [1.165, 1.54) is 32.4 Å². The molecule has 0 spiro atoms. The van der Waals surface area contributed by atoms with Crippen LogP contribution in [-0.2, 0) is 4.74 Å². The van der Waals surface area contributed by atoms with Crippen molar-refractivity contribution in [3.63, 3.8) is 0 Å². The maximum Gasteiger partial charge on any atom is 0.343 e. The highest BCUT2D eigenvalue weighted by Gasteiger charge is 2.19. The summed E-state index contributed by atoms with van der Waals surface area (Å²) in [7, 11) is 2.95. The van der Waals surface area contributed by atoms with Crippen molar-refractivity contribution in [1.82, 2.24) is 0 Å². The minimum absolute atomic E-state index is 0.0903. The van der Waals surface area contributed by atoms with Crippen molar-refractivity contribution in [2.24, 2.45) is 0 Å². The summed E-state index contributed by atoms with van der Waals surface area (Å²) in [6, 6.07) is 9.41. The van der Waals surface area contributed by atoms with Gasteiger partial charge in [0.25, 0.3) is 0 Å². The monoisotopic (exact) mass is 420 g/mol. The zero-order chi connectivity index (χ0) is 19.1. The van der Waals surface area contributed by atoms with E-state index in [1.54, 1.807) is 24.3 Å². The summed E-state index contributed by atoms with van der Waals surface area (Å²) in [4.78, 5) is 24.3. The highest BCUT2D eigenvalue weighted by Crippen LogP contribution is 2.37. The predicted octanol–water partition coefficient (Wildman–Crippen LogP) is 4.03. The van der Waals surface area contributed by atoms with Gasteiger partial charge in [-0.15, -0.1) is 0 Å². The number of carbonyl (C=O) groups is 2. The molecule has 0 aliphatic rings. The maximum atomic E-state index is 12.4. The second-order valence-electron chi connectivity index (χ2n) is 4.99. The van der Waals surface area contributed by atoms with Gasteiger partial charge in [-0.05, 0) is 52.3 Å². The van der Waals surface area contributed by atoms with Crippen LogP contribution in [0.15, 0.2) is 53.5 Å². The first-order valence-electron chi connectivity index (χ1n) is 7.52. The molecule has 0 radical (unpaired) electrons. The molecule has 0 heterocycles. The molecule has 0 saturated heterocycles. The lowest BCUT2D eigenvalue weighted by Crippen LogP contribution is -2.11. The Bertz CT molecular complexity index is 814. The van der Waals surface area contributed by atoms with Crippen LogP contribution in [0.5, 0.6) is 17.2 Å². The average Bonchev–Trinajstić information content (AvgIpc) is 2.67. The molecule has 6 nitrogen and oxygen atoms in total. The molecule has 0 aromatic heterocycles. The van der Waals surface area contributed by atoms with E-state index in [-0.39, 0.29) is 23.7 Å². The number of hydrogen-bond donors (Lipinski definition) is 0. The van der Waals surface area contributed by atoms with Crippen LogP contribution in [-0.4, -0.2) is 32.8 Å². The van der Waals surface area contributed by atoms with Gasteiger partial charge in [-0.2, -0.15) is 0 Å². The van der Waals surface area contributed by atoms with Gasteiger partial charge in [0, 0.05) is 0 Å². The SMILES string of the molecule is C=CCOC(=O)c1cc(Br)c(OC(=O)c2ccc(OC)cc2)c(OC)c1. The zero-order valence-corrected chi connectivity index (χ0v) is 15.9. The fourth-order valence-electron chi connectivity index (χ4n) is 2.03. The predicted molar refractivity (Wildman–Crippen MR) is 99.1 cm³/mol. The number of esters is 2. The van der Waals surface area contributed by atoms with E-state index in [2.05, 4.69) is 22.5 Å². The van der Waals surface area contributed by atoms with Gasteiger partial charge in [-0.25, -0.2) is 9.59 Å². The molecule has 0 amide bonds. The molecule has 7 heteroatoms. The molecule has 0 unspecified atom stereocenters. The normalized spacial score (nSPS) is 9.96. The number of hydrogen-bond acceptors (Lipinski definition) is 6. The van der Waals surface area contributed by atoms with Gasteiger partial charge < -0.3 is 18.9 Å². The number of carbonyl (C=O) groups excluding carboxylic acids is 2. The van der Waals surface area contributed by atoms with E-state index in [9.17, 15) is 9.59 Å². The molecular formula is C19H17BrO6. The third-order valence-electron chi connectivity index (χ3n) is 3.32. The van der Waals surface area contributed by atoms with Crippen LogP contribution in [0, 0.1) is 0 Å². The summed E-state index contributed by atoms with van der Waals surface area (Å²) in [6.07, 6.45) is 1.47. The van der Waals surface area contributed by atoms with Gasteiger partial charge in [0.2, 0.25) is 0 Å². The number of halogens is 1. The highest BCUT2D eigenvalue weighted by atomic mass is 79.9. The smallest absolute Gasteiger partial charge is 0.343 e. The van der Waals surface area contributed by atoms with Crippen molar-refractivity contribution in [3.8, 4) is 17.2 Å². The topological polar surface area (TPSA) is 71.1 Å². The lowest BCUT2D eigenvalue weighted by Gasteiger charge is -2.13. The van der Waals surface area contributed by atoms with Crippen molar-refractivity contribution < 1.29 is 28.5 Å². The molecule has 0 bridgehead atoms. The number of ether oxygens (including phenoxy) is 4. The molecular weight excluding hydrogens is 404 g/mol. The summed E-state index contributed by atoms with van der Waals surface area (Å²) < 4.78 is 21.1. The number of methoxy groups -OCH3 is 2. The average molecular weight is 421 g/mol. The van der Waals surface area contributed by atoms with Gasteiger partial charge in [-0.1, -0.05) is 12.7 Å². The third kappa shape index (κ3) is 4.64. The summed E-state index contributed by atoms with van der Waals surface area (Å²) in [6.45, 7) is 3.58. The van der Waals surface area contributed by atoms with Crippen molar-refractivity contribution in [2.45, 2.75) is 0 Å². The van der Waals surface area contributed by atoms with Crippen LogP contribution in [0.3, 0.4) is 0 Å². The van der Waals surface area contributed by atoms with Gasteiger partial charge in [-0.3, -0.25) is 0 Å². The highest BCUT2D eigenvalue weighted by molar-refractivity contribution is 9.10. The second-order valence-corrected chi connectivity index (χ2v) is 5.85. The Morgan fingerprint density at radius 1 is 1.04 bits per heavy atom. The van der Waals surface area contributed by atoms with Crippen LogP contribution in [0.4, 0.5) is 0 Å². The van der Waals surface area contributed by atoms with Crippen molar-refractivity contribution in [2.75, 3.05) is 20.8 Å². The molecule has 2 rings (SSSR count). The summed E-state index contributed by atoms with van der Waals surface area (Å²) in [5.41, 5.74) is 0.592. The Morgan fingerprint density at radius 2 is 1.73 bits per heavy atom. The first-order valence-corrected chi connectivity index (χ1v) is 8.31. The molecule has 0 N–H and O–H groups in total. The standard InChI is InChI=1S/C19H17BrO6/c1-4-9-25-18(21)13-10-15(20)17(16(11-13)24-3)26-19(22)12-5-7-14(23-2)8-6-12/h4-8,10-11H,1,9H2,2-3H3. The molecule has 2 aromatic carbocycles. The molecule has 136 valence electrons. The molecule has 0 saturated carbocycles. The van der Waals surface area contributed by atoms with E-state index in [4.69, 9.17) is 18.9 Å². The first-order chi connectivity index (χ1) is 12.5. The minimum atomic E-state index is -0.575. The molecule has 26 heavy (non-hydrogen) atoms. The van der Waals surface area contributed by atoms with Crippen molar-refractivity contribution in [3.05, 3.63) is 64.7 Å². The molecule has 0 fully saturated rings. The lowest BCUT2D eigenvalue weighted by atomic mass is 10.2. The van der Waals surface area contributed by atoms with Crippen LogP contribution in [0.1, 0.15) is 20.7 Å². The van der Waals surface area contributed by atoms with Crippen LogP contribution >= 0.6 is 15.9 Å². The summed E-state index contributed by atoms with van der Waals surface area (Å²) in [5, 5.41) is 0. The van der Waals surface area contributed by atoms with E-state index >= 15 is 0 Å². The molecule has 0 atom stereocenters. The maximum absolute atomic E-state index is 12.4. The Balaban J connectivity index is 2.26. The molecule has 0 aliphatic heterocycles. The van der Waals surface area contributed by atoms with Crippen LogP contribution in [0.2, 0.25) is 0 Å². The zero-order valence-electron chi connectivity index (χ0n) is 14.3. The Hall–Kier alpha value is -2.80. The lowest BCUT2D eigenvalue weighted by molar-refractivity contribution is 0.0549. The van der Waals surface area contributed by atoms with Crippen molar-refractivity contribution >= 4 is 27.9 Å². The van der Waals surface area contributed by atoms with Gasteiger partial charge in [0.1, 0.15) is 12.4 Å². The second kappa shape index (κ2) is 9.05. The minimum Gasteiger partial charge on any atom is -0.497 e. The first kappa shape index (κ1) is 19.5. The van der Waals surface area contributed by atoms with E-state index < -0.39 is 11.9 Å². The van der Waals surface area contributed by atoms with E-state index in [0.717, 1.165) is 0 Å². The fraction of sp³-hybridized carbons (Fsp3) is 0.158. The quantitative estimate of drug-likeness (QED) is 0.382. The van der Waals surface area contributed by atoms with Gasteiger partial charge in [0.05, 0.1) is 29.8 Å². The van der Waals surface area contributed by atoms with Gasteiger partial charge >= 0.3 is 11.9 Å².